The molecule has 2 heterocycles. The third-order valence-corrected chi connectivity index (χ3v) is 4.97. The highest BCUT2D eigenvalue weighted by atomic mass is 16.5. The number of carbonyl (C=O) groups is 1. The summed E-state index contributed by atoms with van der Waals surface area (Å²) in [6, 6.07) is 15.0. The molecule has 134 valence electrons. The predicted octanol–water partition coefficient (Wildman–Crippen LogP) is 4.17. The molecule has 2 aliphatic rings. The lowest BCUT2D eigenvalue weighted by Gasteiger charge is -2.39. The Labute approximate surface area is 154 Å². The standard InChI is InChI=1S/C22H23NO3/c1-2-12-23-13-6-9-18-19-14-17(10-11-21(19)25-15-20(18)23)26-22(24)16-7-4-3-5-8-16/h3-5,7-11,14,20H,2,6,12-13,15H2,1H3. The number of rotatable bonds is 4. The van der Waals surface area contributed by atoms with Crippen LogP contribution in [0.5, 0.6) is 11.5 Å². The molecule has 26 heavy (non-hydrogen) atoms. The van der Waals surface area contributed by atoms with Crippen LogP contribution in [0, 0.1) is 0 Å². The first kappa shape index (κ1) is 16.9. The van der Waals surface area contributed by atoms with Crippen molar-refractivity contribution in [2.75, 3.05) is 19.7 Å². The topological polar surface area (TPSA) is 38.8 Å². The van der Waals surface area contributed by atoms with Crippen LogP contribution in [-0.4, -0.2) is 36.6 Å². The average molecular weight is 349 g/mol. The monoisotopic (exact) mass is 349 g/mol. The molecule has 0 fully saturated rings. The lowest BCUT2D eigenvalue weighted by atomic mass is 9.90. The third-order valence-electron chi connectivity index (χ3n) is 4.97. The van der Waals surface area contributed by atoms with Crippen molar-refractivity contribution in [3.05, 3.63) is 65.7 Å². The molecule has 0 radical (unpaired) electrons. The Kier molecular flexibility index (Phi) is 4.76. The molecule has 0 bridgehead atoms. The van der Waals surface area contributed by atoms with Crippen molar-refractivity contribution < 1.29 is 14.3 Å². The number of carbonyl (C=O) groups excluding carboxylic acids is 1. The Morgan fingerprint density at radius 1 is 1.23 bits per heavy atom. The molecule has 2 aliphatic heterocycles. The number of hydrogen-bond acceptors (Lipinski definition) is 4. The first-order valence-electron chi connectivity index (χ1n) is 9.25. The van der Waals surface area contributed by atoms with E-state index >= 15 is 0 Å². The van der Waals surface area contributed by atoms with Gasteiger partial charge in [-0.15, -0.1) is 0 Å². The number of esters is 1. The first-order valence-corrected chi connectivity index (χ1v) is 9.25. The van der Waals surface area contributed by atoms with Gasteiger partial charge in [0.25, 0.3) is 0 Å². The Bertz CT molecular complexity index is 829. The molecule has 2 aromatic carbocycles. The fourth-order valence-corrected chi connectivity index (χ4v) is 3.75. The van der Waals surface area contributed by atoms with E-state index < -0.39 is 0 Å². The second-order valence-electron chi connectivity index (χ2n) is 6.72. The van der Waals surface area contributed by atoms with Crippen LogP contribution in [0.4, 0.5) is 0 Å². The molecular formula is C22H23NO3. The minimum absolute atomic E-state index is 0.288. The Morgan fingerprint density at radius 2 is 2.08 bits per heavy atom. The van der Waals surface area contributed by atoms with E-state index in [1.807, 2.05) is 30.3 Å². The van der Waals surface area contributed by atoms with Gasteiger partial charge in [0, 0.05) is 12.1 Å². The van der Waals surface area contributed by atoms with E-state index in [1.54, 1.807) is 18.2 Å². The lowest BCUT2D eigenvalue weighted by molar-refractivity contribution is 0.0734. The smallest absolute Gasteiger partial charge is 0.343 e. The Morgan fingerprint density at radius 3 is 2.88 bits per heavy atom. The summed E-state index contributed by atoms with van der Waals surface area (Å²) in [6.07, 6.45) is 4.48. The van der Waals surface area contributed by atoms with Gasteiger partial charge >= 0.3 is 5.97 Å². The van der Waals surface area contributed by atoms with E-state index in [2.05, 4.69) is 17.9 Å². The van der Waals surface area contributed by atoms with Gasteiger partial charge in [0.2, 0.25) is 0 Å². The Hall–Kier alpha value is -2.59. The van der Waals surface area contributed by atoms with Crippen molar-refractivity contribution >= 4 is 11.5 Å². The first-order chi connectivity index (χ1) is 12.8. The highest BCUT2D eigenvalue weighted by Gasteiger charge is 2.32. The summed E-state index contributed by atoms with van der Waals surface area (Å²) >= 11 is 0. The molecule has 0 saturated heterocycles. The van der Waals surface area contributed by atoms with Gasteiger partial charge in [0.05, 0.1) is 11.6 Å². The SMILES string of the molecule is CCCN1CCC=C2c3cc(OC(=O)c4ccccc4)ccc3OCC21. The molecule has 4 rings (SSSR count). The summed E-state index contributed by atoms with van der Waals surface area (Å²) in [7, 11) is 0. The molecule has 0 amide bonds. The zero-order valence-corrected chi connectivity index (χ0v) is 15.0. The molecule has 0 saturated carbocycles. The summed E-state index contributed by atoms with van der Waals surface area (Å²) in [4.78, 5) is 14.8. The third kappa shape index (κ3) is 3.25. The number of nitrogens with zero attached hydrogens (tertiary/aromatic N) is 1. The van der Waals surface area contributed by atoms with Crippen LogP contribution in [-0.2, 0) is 0 Å². The van der Waals surface area contributed by atoms with Crippen LogP contribution in [0.2, 0.25) is 0 Å². The van der Waals surface area contributed by atoms with Gasteiger partial charge in [-0.05, 0) is 55.3 Å². The number of hydrogen-bond donors (Lipinski definition) is 0. The van der Waals surface area contributed by atoms with E-state index in [0.29, 0.717) is 17.9 Å². The summed E-state index contributed by atoms with van der Waals surface area (Å²) in [6.45, 7) is 5.03. The van der Waals surface area contributed by atoms with Gasteiger partial charge in [-0.25, -0.2) is 4.79 Å². The van der Waals surface area contributed by atoms with E-state index in [0.717, 1.165) is 37.2 Å². The van der Waals surface area contributed by atoms with Crippen LogP contribution in [0.3, 0.4) is 0 Å². The van der Waals surface area contributed by atoms with E-state index in [4.69, 9.17) is 9.47 Å². The molecule has 2 aromatic rings. The van der Waals surface area contributed by atoms with Gasteiger partial charge in [-0.3, -0.25) is 4.90 Å². The van der Waals surface area contributed by atoms with Gasteiger partial charge in [-0.2, -0.15) is 0 Å². The zero-order chi connectivity index (χ0) is 17.9. The molecule has 0 spiro atoms. The van der Waals surface area contributed by atoms with Gasteiger partial charge in [0.1, 0.15) is 18.1 Å². The van der Waals surface area contributed by atoms with E-state index in [-0.39, 0.29) is 12.0 Å². The van der Waals surface area contributed by atoms with Gasteiger partial charge < -0.3 is 9.47 Å². The van der Waals surface area contributed by atoms with Gasteiger partial charge in [0.15, 0.2) is 0 Å². The van der Waals surface area contributed by atoms with Crippen LogP contribution in [0.15, 0.2) is 54.6 Å². The van der Waals surface area contributed by atoms with Gasteiger partial charge in [-0.1, -0.05) is 31.2 Å². The minimum Gasteiger partial charge on any atom is -0.491 e. The van der Waals surface area contributed by atoms with Crippen LogP contribution in [0.1, 0.15) is 35.7 Å². The largest absolute Gasteiger partial charge is 0.491 e. The van der Waals surface area contributed by atoms with Crippen molar-refractivity contribution in [2.24, 2.45) is 0 Å². The summed E-state index contributed by atoms with van der Waals surface area (Å²) in [5.41, 5.74) is 2.88. The van der Waals surface area contributed by atoms with Crippen molar-refractivity contribution in [3.8, 4) is 11.5 Å². The second kappa shape index (κ2) is 7.34. The fraction of sp³-hybridized carbons (Fsp3) is 0.318. The van der Waals surface area contributed by atoms with Crippen molar-refractivity contribution in [2.45, 2.75) is 25.8 Å². The van der Waals surface area contributed by atoms with E-state index in [9.17, 15) is 4.79 Å². The predicted molar refractivity (Wildman–Crippen MR) is 102 cm³/mol. The molecule has 4 heteroatoms. The van der Waals surface area contributed by atoms with Crippen molar-refractivity contribution in [1.82, 2.24) is 4.90 Å². The molecule has 4 nitrogen and oxygen atoms in total. The summed E-state index contributed by atoms with van der Waals surface area (Å²) in [5, 5.41) is 0. The molecule has 0 aliphatic carbocycles. The maximum atomic E-state index is 12.3. The molecule has 1 unspecified atom stereocenters. The maximum Gasteiger partial charge on any atom is 0.343 e. The molecule has 0 N–H and O–H groups in total. The molecule has 0 aromatic heterocycles. The number of ether oxygens (including phenoxy) is 2. The summed E-state index contributed by atoms with van der Waals surface area (Å²) < 4.78 is 11.6. The molecule has 1 atom stereocenters. The number of fused-ring (bicyclic) bond motifs is 3. The summed E-state index contributed by atoms with van der Waals surface area (Å²) in [5.74, 6) is 1.07. The molecular weight excluding hydrogens is 326 g/mol. The normalized spacial score (nSPS) is 19.0. The lowest BCUT2D eigenvalue weighted by Crippen LogP contribution is -2.45. The maximum absolute atomic E-state index is 12.3. The van der Waals surface area contributed by atoms with Crippen LogP contribution in [0.25, 0.3) is 5.57 Å². The number of benzene rings is 2. The second-order valence-corrected chi connectivity index (χ2v) is 6.72. The van der Waals surface area contributed by atoms with Crippen molar-refractivity contribution in [1.29, 1.82) is 0 Å². The quantitative estimate of drug-likeness (QED) is 0.613. The van der Waals surface area contributed by atoms with Crippen LogP contribution >= 0.6 is 0 Å². The highest BCUT2D eigenvalue weighted by molar-refractivity contribution is 5.91. The Balaban J connectivity index is 1.59. The fourth-order valence-electron chi connectivity index (χ4n) is 3.75. The highest BCUT2D eigenvalue weighted by Crippen LogP contribution is 2.39. The van der Waals surface area contributed by atoms with Crippen LogP contribution < -0.4 is 9.47 Å². The minimum atomic E-state index is -0.343. The van der Waals surface area contributed by atoms with Crippen molar-refractivity contribution in [3.63, 3.8) is 0 Å². The average Bonchev–Trinajstić information content (AvgIpc) is 2.69. The zero-order valence-electron chi connectivity index (χ0n) is 15.0. The van der Waals surface area contributed by atoms with E-state index in [1.165, 1.54) is 5.57 Å².